The molecule has 0 bridgehead atoms. The van der Waals surface area contributed by atoms with Crippen molar-refractivity contribution in [3.05, 3.63) is 83.3 Å². The van der Waals surface area contributed by atoms with E-state index in [1.807, 2.05) is 25.1 Å². The van der Waals surface area contributed by atoms with Crippen molar-refractivity contribution in [3.8, 4) is 5.69 Å². The number of hydrogen-bond acceptors (Lipinski definition) is 2. The van der Waals surface area contributed by atoms with Gasteiger partial charge in [-0.2, -0.15) is 5.10 Å². The van der Waals surface area contributed by atoms with Crippen LogP contribution in [0, 0.1) is 18.6 Å². The van der Waals surface area contributed by atoms with E-state index in [0.29, 0.717) is 18.5 Å². The lowest BCUT2D eigenvalue weighted by atomic mass is 10.1. The van der Waals surface area contributed by atoms with Gasteiger partial charge in [-0.25, -0.2) is 18.3 Å². The van der Waals surface area contributed by atoms with Gasteiger partial charge in [0.15, 0.2) is 5.82 Å². The van der Waals surface area contributed by atoms with E-state index in [-0.39, 0.29) is 18.3 Å². The first kappa shape index (κ1) is 19.6. The number of aryl methyl sites for hydroxylation is 1. The number of aromatic nitrogens is 3. The minimum atomic E-state index is -0.706. The molecule has 0 unspecified atom stereocenters. The normalized spacial score (nSPS) is 11.0. The predicted octanol–water partition coefficient (Wildman–Crippen LogP) is 3.98. The second kappa shape index (κ2) is 8.36. The van der Waals surface area contributed by atoms with Gasteiger partial charge in [-0.15, -0.1) is 0 Å². The van der Waals surface area contributed by atoms with Crippen LogP contribution in [0.3, 0.4) is 0 Å². The number of halogens is 2. The van der Waals surface area contributed by atoms with Gasteiger partial charge in [-0.05, 0) is 37.1 Å². The van der Waals surface area contributed by atoms with Crippen molar-refractivity contribution >= 4 is 16.9 Å². The Hall–Kier alpha value is -3.68. The highest BCUT2D eigenvalue weighted by Crippen LogP contribution is 2.21. The molecule has 0 spiro atoms. The highest BCUT2D eigenvalue weighted by Gasteiger charge is 2.10. The Kier molecular flexibility index (Phi) is 5.47. The fraction of sp³-hybridized carbons (Fsp3) is 0.182. The zero-order valence-electron chi connectivity index (χ0n) is 16.4. The molecule has 0 aliphatic heterocycles. The van der Waals surface area contributed by atoms with Crippen molar-refractivity contribution in [2.75, 3.05) is 6.54 Å². The number of nitrogens with zero attached hydrogens (tertiary/aromatic N) is 2. The molecule has 4 aromatic rings. The van der Waals surface area contributed by atoms with Crippen LogP contribution in [0.25, 0.3) is 16.6 Å². The van der Waals surface area contributed by atoms with Crippen LogP contribution in [0.15, 0.2) is 54.9 Å². The van der Waals surface area contributed by atoms with Crippen LogP contribution < -0.4 is 10.6 Å². The van der Waals surface area contributed by atoms with Crippen molar-refractivity contribution in [3.63, 3.8) is 0 Å². The fourth-order valence-electron chi connectivity index (χ4n) is 3.45. The third kappa shape index (κ3) is 4.17. The van der Waals surface area contributed by atoms with Gasteiger partial charge in [0.1, 0.15) is 11.5 Å². The van der Waals surface area contributed by atoms with Crippen molar-refractivity contribution in [1.82, 2.24) is 25.4 Å². The lowest BCUT2D eigenvalue weighted by Gasteiger charge is -2.07. The molecule has 0 saturated carbocycles. The minimum absolute atomic E-state index is 0.140. The first-order valence-electron chi connectivity index (χ1n) is 9.58. The van der Waals surface area contributed by atoms with Gasteiger partial charge in [0.25, 0.3) is 0 Å². The van der Waals surface area contributed by atoms with E-state index in [9.17, 15) is 13.6 Å². The molecule has 2 aromatic heterocycles. The molecule has 154 valence electrons. The van der Waals surface area contributed by atoms with E-state index in [2.05, 4.69) is 26.8 Å². The number of carbonyl (C=O) groups is 1. The Balaban J connectivity index is 1.29. The van der Waals surface area contributed by atoms with Gasteiger partial charge in [0, 0.05) is 47.5 Å². The average Bonchev–Trinajstić information content (AvgIpc) is 3.31. The summed E-state index contributed by atoms with van der Waals surface area (Å²) in [5, 5.41) is 10.8. The summed E-state index contributed by atoms with van der Waals surface area (Å²) in [6.07, 6.45) is 3.83. The first-order chi connectivity index (χ1) is 14.5. The van der Waals surface area contributed by atoms with Gasteiger partial charge < -0.3 is 15.6 Å². The lowest BCUT2D eigenvalue weighted by molar-refractivity contribution is 0.240. The fourth-order valence-corrected chi connectivity index (χ4v) is 3.45. The van der Waals surface area contributed by atoms with E-state index in [4.69, 9.17) is 0 Å². The largest absolute Gasteiger partial charge is 0.358 e. The molecule has 0 aliphatic rings. The minimum Gasteiger partial charge on any atom is -0.358 e. The molecular formula is C22H21F2N5O. The van der Waals surface area contributed by atoms with E-state index >= 15 is 0 Å². The summed E-state index contributed by atoms with van der Waals surface area (Å²) >= 11 is 0. The van der Waals surface area contributed by atoms with E-state index in [1.54, 1.807) is 6.20 Å². The summed E-state index contributed by atoms with van der Waals surface area (Å²) in [5.74, 6) is -1.35. The Labute approximate surface area is 171 Å². The van der Waals surface area contributed by atoms with E-state index in [1.165, 1.54) is 28.6 Å². The number of aromatic amines is 1. The van der Waals surface area contributed by atoms with Crippen LogP contribution in [0.4, 0.5) is 13.6 Å². The smallest absolute Gasteiger partial charge is 0.315 e. The topological polar surface area (TPSA) is 74.7 Å². The summed E-state index contributed by atoms with van der Waals surface area (Å²) in [4.78, 5) is 15.5. The molecule has 0 radical (unpaired) electrons. The molecule has 0 fully saturated rings. The van der Waals surface area contributed by atoms with E-state index in [0.717, 1.165) is 22.7 Å². The summed E-state index contributed by atoms with van der Waals surface area (Å²) in [6, 6.07) is 11.1. The maximum absolute atomic E-state index is 13.9. The third-order valence-corrected chi connectivity index (χ3v) is 4.93. The third-order valence-electron chi connectivity index (χ3n) is 4.93. The van der Waals surface area contributed by atoms with Crippen molar-refractivity contribution < 1.29 is 13.6 Å². The number of amides is 2. The molecule has 30 heavy (non-hydrogen) atoms. The number of H-pyrrole nitrogens is 1. The Morgan fingerprint density at radius 2 is 2.00 bits per heavy atom. The zero-order chi connectivity index (χ0) is 21.1. The zero-order valence-corrected chi connectivity index (χ0v) is 16.4. The number of para-hydroxylation sites is 1. The molecular weight excluding hydrogens is 388 g/mol. The monoisotopic (exact) mass is 409 g/mol. The maximum atomic E-state index is 13.9. The number of hydrogen-bond donors (Lipinski definition) is 3. The Bertz CT molecular complexity index is 1200. The van der Waals surface area contributed by atoms with Crippen LogP contribution >= 0.6 is 0 Å². The van der Waals surface area contributed by atoms with Crippen LogP contribution in [-0.2, 0) is 13.0 Å². The second-order valence-corrected chi connectivity index (χ2v) is 7.02. The van der Waals surface area contributed by atoms with Crippen LogP contribution in [0.2, 0.25) is 0 Å². The quantitative estimate of drug-likeness (QED) is 0.451. The number of fused-ring (bicyclic) bond motifs is 1. The molecule has 2 aromatic carbocycles. The molecule has 0 aliphatic carbocycles. The SMILES string of the molecule is Cc1[nH]c2ccccc2c1CCNC(=O)NCc1cnn(-c2ccc(F)cc2F)c1. The van der Waals surface area contributed by atoms with Gasteiger partial charge >= 0.3 is 6.03 Å². The first-order valence-corrected chi connectivity index (χ1v) is 9.58. The molecule has 4 rings (SSSR count). The van der Waals surface area contributed by atoms with Crippen molar-refractivity contribution in [2.24, 2.45) is 0 Å². The summed E-state index contributed by atoms with van der Waals surface area (Å²) < 4.78 is 28.2. The van der Waals surface area contributed by atoms with Crippen LogP contribution in [0.5, 0.6) is 0 Å². The summed E-state index contributed by atoms with van der Waals surface area (Å²) in [7, 11) is 0. The Morgan fingerprint density at radius 1 is 1.17 bits per heavy atom. The molecule has 0 atom stereocenters. The highest BCUT2D eigenvalue weighted by atomic mass is 19.1. The number of carbonyl (C=O) groups excluding carboxylic acids is 1. The van der Waals surface area contributed by atoms with Crippen molar-refractivity contribution in [2.45, 2.75) is 19.9 Å². The highest BCUT2D eigenvalue weighted by molar-refractivity contribution is 5.84. The lowest BCUT2D eigenvalue weighted by Crippen LogP contribution is -2.36. The maximum Gasteiger partial charge on any atom is 0.315 e. The molecule has 0 saturated heterocycles. The molecule has 2 heterocycles. The standard InChI is InChI=1S/C22H21F2N5O/c1-14-17(18-4-2-3-5-20(18)28-14)8-9-25-22(30)26-11-15-12-27-29(13-15)21-7-6-16(23)10-19(21)24/h2-7,10,12-13,28H,8-9,11H2,1H3,(H2,25,26,30). The van der Waals surface area contributed by atoms with Gasteiger partial charge in [0.2, 0.25) is 0 Å². The number of rotatable bonds is 6. The van der Waals surface area contributed by atoms with Crippen LogP contribution in [-0.4, -0.2) is 27.3 Å². The molecule has 3 N–H and O–H groups in total. The molecule has 6 nitrogen and oxygen atoms in total. The van der Waals surface area contributed by atoms with Gasteiger partial charge in [-0.1, -0.05) is 18.2 Å². The molecule has 8 heteroatoms. The number of benzene rings is 2. The van der Waals surface area contributed by atoms with Gasteiger partial charge in [-0.3, -0.25) is 0 Å². The summed E-state index contributed by atoms with van der Waals surface area (Å²) in [6.45, 7) is 2.76. The van der Waals surface area contributed by atoms with Crippen molar-refractivity contribution in [1.29, 1.82) is 0 Å². The summed E-state index contributed by atoms with van der Waals surface area (Å²) in [5.41, 5.74) is 4.21. The van der Waals surface area contributed by atoms with Gasteiger partial charge in [0.05, 0.1) is 6.20 Å². The number of nitrogens with one attached hydrogen (secondary N) is 3. The van der Waals surface area contributed by atoms with Crippen LogP contribution in [0.1, 0.15) is 16.8 Å². The molecule has 2 amide bonds. The average molecular weight is 409 g/mol. The number of urea groups is 1. The second-order valence-electron chi connectivity index (χ2n) is 7.02. The predicted molar refractivity (Wildman–Crippen MR) is 110 cm³/mol. The Morgan fingerprint density at radius 3 is 2.83 bits per heavy atom. The van der Waals surface area contributed by atoms with E-state index < -0.39 is 11.6 Å².